The lowest BCUT2D eigenvalue weighted by Gasteiger charge is -2.34. The highest BCUT2D eigenvalue weighted by Gasteiger charge is 2.37. The minimum atomic E-state index is -4.47. The SMILES string of the molecule is COCCNCCNC(=O)C1CCCN(c2ncccc2C(F)(F)F)C1. The molecule has 2 heterocycles. The van der Waals surface area contributed by atoms with Gasteiger partial charge in [-0.2, -0.15) is 13.2 Å². The van der Waals surface area contributed by atoms with Gasteiger partial charge in [-0.05, 0) is 25.0 Å². The molecule has 1 unspecified atom stereocenters. The van der Waals surface area contributed by atoms with Gasteiger partial charge in [0, 0.05) is 46.0 Å². The van der Waals surface area contributed by atoms with Gasteiger partial charge in [0.1, 0.15) is 5.82 Å². The van der Waals surface area contributed by atoms with E-state index in [-0.39, 0.29) is 24.2 Å². The number of nitrogens with one attached hydrogen (secondary N) is 2. The summed E-state index contributed by atoms with van der Waals surface area (Å²) in [6.45, 7) is 3.08. The van der Waals surface area contributed by atoms with Crippen LogP contribution in [0.4, 0.5) is 19.0 Å². The zero-order valence-corrected chi connectivity index (χ0v) is 14.8. The maximum absolute atomic E-state index is 13.2. The Morgan fingerprint density at radius 2 is 2.19 bits per heavy atom. The number of anilines is 1. The molecule has 1 aromatic heterocycles. The van der Waals surface area contributed by atoms with Gasteiger partial charge in [-0.1, -0.05) is 0 Å². The predicted molar refractivity (Wildman–Crippen MR) is 91.9 cm³/mol. The maximum Gasteiger partial charge on any atom is 0.419 e. The lowest BCUT2D eigenvalue weighted by atomic mass is 9.96. The summed E-state index contributed by atoms with van der Waals surface area (Å²) < 4.78 is 44.5. The normalized spacial score (nSPS) is 18.0. The topological polar surface area (TPSA) is 66.5 Å². The number of carbonyl (C=O) groups excluding carboxylic acids is 1. The van der Waals surface area contributed by atoms with E-state index in [0.717, 1.165) is 6.07 Å². The van der Waals surface area contributed by atoms with Crippen LogP contribution in [0.1, 0.15) is 18.4 Å². The number of amides is 1. The Morgan fingerprint density at radius 3 is 2.92 bits per heavy atom. The van der Waals surface area contributed by atoms with Crippen LogP contribution in [-0.2, 0) is 15.7 Å². The molecule has 2 rings (SSSR count). The van der Waals surface area contributed by atoms with Gasteiger partial charge in [-0.25, -0.2) is 4.98 Å². The summed E-state index contributed by atoms with van der Waals surface area (Å²) in [4.78, 5) is 17.8. The van der Waals surface area contributed by atoms with Gasteiger partial charge in [-0.15, -0.1) is 0 Å². The van der Waals surface area contributed by atoms with E-state index in [1.807, 2.05) is 0 Å². The predicted octanol–water partition coefficient (Wildman–Crippen LogP) is 1.67. The molecule has 26 heavy (non-hydrogen) atoms. The number of piperidine rings is 1. The van der Waals surface area contributed by atoms with Crippen LogP contribution in [0.2, 0.25) is 0 Å². The fourth-order valence-electron chi connectivity index (χ4n) is 2.97. The number of pyridine rings is 1. The first-order valence-electron chi connectivity index (χ1n) is 8.68. The van der Waals surface area contributed by atoms with Crippen LogP contribution < -0.4 is 15.5 Å². The van der Waals surface area contributed by atoms with Crippen molar-refractivity contribution in [2.45, 2.75) is 19.0 Å². The van der Waals surface area contributed by atoms with Crippen molar-refractivity contribution < 1.29 is 22.7 Å². The van der Waals surface area contributed by atoms with Crippen molar-refractivity contribution in [3.8, 4) is 0 Å². The molecule has 0 radical (unpaired) electrons. The van der Waals surface area contributed by atoms with E-state index in [1.54, 1.807) is 12.0 Å². The van der Waals surface area contributed by atoms with E-state index in [9.17, 15) is 18.0 Å². The first-order chi connectivity index (χ1) is 12.4. The third-order valence-corrected chi connectivity index (χ3v) is 4.27. The Balaban J connectivity index is 1.90. The Bertz CT molecular complexity index is 583. The zero-order chi connectivity index (χ0) is 19.0. The van der Waals surface area contributed by atoms with Gasteiger partial charge in [0.05, 0.1) is 18.1 Å². The number of methoxy groups -OCH3 is 1. The molecule has 146 valence electrons. The summed E-state index contributed by atoms with van der Waals surface area (Å²) in [6.07, 6.45) is -1.81. The first-order valence-corrected chi connectivity index (χ1v) is 8.68. The molecule has 0 aliphatic carbocycles. The molecule has 1 amide bonds. The van der Waals surface area contributed by atoms with Gasteiger partial charge in [0.2, 0.25) is 5.91 Å². The van der Waals surface area contributed by atoms with Crippen LogP contribution in [0.5, 0.6) is 0 Å². The van der Waals surface area contributed by atoms with Crippen molar-refractivity contribution in [3.63, 3.8) is 0 Å². The molecule has 0 saturated carbocycles. The average molecular weight is 374 g/mol. The molecule has 1 aromatic rings. The molecule has 9 heteroatoms. The fourth-order valence-corrected chi connectivity index (χ4v) is 2.97. The Morgan fingerprint density at radius 1 is 1.38 bits per heavy atom. The number of ether oxygens (including phenoxy) is 1. The monoisotopic (exact) mass is 374 g/mol. The van der Waals surface area contributed by atoms with Gasteiger partial charge in [-0.3, -0.25) is 4.79 Å². The van der Waals surface area contributed by atoms with Crippen LogP contribution in [0.15, 0.2) is 18.3 Å². The second kappa shape index (κ2) is 9.72. The average Bonchev–Trinajstić information content (AvgIpc) is 2.64. The van der Waals surface area contributed by atoms with Crippen LogP contribution in [-0.4, -0.2) is 57.3 Å². The Labute approximate surface area is 151 Å². The van der Waals surface area contributed by atoms with Crippen molar-refractivity contribution in [3.05, 3.63) is 23.9 Å². The number of alkyl halides is 3. The summed E-state index contributed by atoms with van der Waals surface area (Å²) in [5, 5.41) is 5.95. The number of rotatable bonds is 8. The molecule has 2 N–H and O–H groups in total. The maximum atomic E-state index is 13.2. The summed E-state index contributed by atoms with van der Waals surface area (Å²) in [5.74, 6) is -0.572. The Kier molecular flexibility index (Phi) is 7.65. The van der Waals surface area contributed by atoms with Crippen LogP contribution in [0.25, 0.3) is 0 Å². The number of carbonyl (C=O) groups is 1. The molecule has 1 saturated heterocycles. The third-order valence-electron chi connectivity index (χ3n) is 4.27. The molecule has 1 fully saturated rings. The number of nitrogens with zero attached hydrogens (tertiary/aromatic N) is 2. The molecule has 0 aromatic carbocycles. The summed E-state index contributed by atoms with van der Waals surface area (Å²) in [5.41, 5.74) is -0.761. The lowest BCUT2D eigenvalue weighted by Crippen LogP contribution is -2.45. The first kappa shape index (κ1) is 20.4. The largest absolute Gasteiger partial charge is 0.419 e. The summed E-state index contributed by atoms with van der Waals surface area (Å²) >= 11 is 0. The number of hydrogen-bond acceptors (Lipinski definition) is 5. The number of aromatic nitrogens is 1. The van der Waals surface area contributed by atoms with E-state index in [0.29, 0.717) is 45.6 Å². The third kappa shape index (κ3) is 5.84. The van der Waals surface area contributed by atoms with Crippen LogP contribution in [0, 0.1) is 5.92 Å². The highest BCUT2D eigenvalue weighted by Crippen LogP contribution is 2.36. The summed E-state index contributed by atoms with van der Waals surface area (Å²) in [6, 6.07) is 2.30. The van der Waals surface area contributed by atoms with Crippen molar-refractivity contribution >= 4 is 11.7 Å². The molecule has 1 atom stereocenters. The highest BCUT2D eigenvalue weighted by atomic mass is 19.4. The van der Waals surface area contributed by atoms with E-state index in [4.69, 9.17) is 4.74 Å². The zero-order valence-electron chi connectivity index (χ0n) is 14.8. The smallest absolute Gasteiger partial charge is 0.383 e. The Hall–Kier alpha value is -1.87. The van der Waals surface area contributed by atoms with Gasteiger partial charge < -0.3 is 20.3 Å². The molecule has 6 nitrogen and oxygen atoms in total. The van der Waals surface area contributed by atoms with E-state index in [2.05, 4.69) is 15.6 Å². The highest BCUT2D eigenvalue weighted by molar-refractivity contribution is 5.79. The molecule has 0 spiro atoms. The van der Waals surface area contributed by atoms with E-state index < -0.39 is 11.7 Å². The molecular weight excluding hydrogens is 349 g/mol. The number of hydrogen-bond donors (Lipinski definition) is 2. The van der Waals surface area contributed by atoms with Gasteiger partial charge in [0.15, 0.2) is 0 Å². The fraction of sp³-hybridized carbons (Fsp3) is 0.647. The standard InChI is InChI=1S/C17H25F3N4O2/c1-26-11-9-21-7-8-23-16(25)13-4-3-10-24(12-13)15-14(17(18,19)20)5-2-6-22-15/h2,5-6,13,21H,3-4,7-12H2,1H3,(H,23,25). The number of halogens is 3. The lowest BCUT2D eigenvalue weighted by molar-refractivity contribution is -0.137. The minimum Gasteiger partial charge on any atom is -0.383 e. The van der Waals surface area contributed by atoms with Crippen molar-refractivity contribution in [1.29, 1.82) is 0 Å². The van der Waals surface area contributed by atoms with Crippen molar-refractivity contribution in [2.24, 2.45) is 5.92 Å². The van der Waals surface area contributed by atoms with Crippen LogP contribution in [0.3, 0.4) is 0 Å². The minimum absolute atomic E-state index is 0.0984. The molecule has 1 aliphatic rings. The van der Waals surface area contributed by atoms with Crippen molar-refractivity contribution in [2.75, 3.05) is 51.3 Å². The van der Waals surface area contributed by atoms with Crippen LogP contribution >= 0.6 is 0 Å². The summed E-state index contributed by atoms with van der Waals surface area (Å²) in [7, 11) is 1.62. The van der Waals surface area contributed by atoms with Gasteiger partial charge >= 0.3 is 6.18 Å². The second-order valence-corrected chi connectivity index (χ2v) is 6.19. The van der Waals surface area contributed by atoms with E-state index >= 15 is 0 Å². The molecular formula is C17H25F3N4O2. The van der Waals surface area contributed by atoms with Gasteiger partial charge in [0.25, 0.3) is 0 Å². The quantitative estimate of drug-likeness (QED) is 0.678. The van der Waals surface area contributed by atoms with Crippen molar-refractivity contribution in [1.82, 2.24) is 15.6 Å². The molecule has 1 aliphatic heterocycles. The van der Waals surface area contributed by atoms with E-state index in [1.165, 1.54) is 12.3 Å². The second-order valence-electron chi connectivity index (χ2n) is 6.19. The molecule has 0 bridgehead atoms.